The topological polar surface area (TPSA) is 144 Å². The Balaban J connectivity index is 1.64. The van der Waals surface area contributed by atoms with Crippen LogP contribution in [0, 0.1) is 0 Å². The number of nitrogens with zero attached hydrogens (tertiary/aromatic N) is 3. The van der Waals surface area contributed by atoms with Crippen molar-refractivity contribution in [2.75, 3.05) is 17.2 Å². The number of rotatable bonds is 6. The van der Waals surface area contributed by atoms with Gasteiger partial charge in [-0.05, 0) is 72.8 Å². The van der Waals surface area contributed by atoms with E-state index in [2.05, 4.69) is 15.0 Å². The normalized spacial score (nSPS) is 10.4. The molecule has 150 valence electrons. The molecule has 0 aliphatic carbocycles. The highest BCUT2D eigenvalue weighted by Crippen LogP contribution is 2.27. The van der Waals surface area contributed by atoms with E-state index in [-0.39, 0.29) is 18.0 Å². The fourth-order valence-electron chi connectivity index (χ4n) is 2.38. The maximum Gasteiger partial charge on any atom is 0.331 e. The van der Waals surface area contributed by atoms with Crippen LogP contribution in [-0.4, -0.2) is 15.0 Å². The molecule has 9 heteroatoms. The molecule has 0 saturated carbocycles. The average Bonchev–Trinajstić information content (AvgIpc) is 2.73. The Kier molecular flexibility index (Phi) is 5.16. The van der Waals surface area contributed by atoms with Gasteiger partial charge in [0.05, 0.1) is 0 Å². The molecule has 30 heavy (non-hydrogen) atoms. The zero-order chi connectivity index (χ0) is 20.9. The van der Waals surface area contributed by atoms with Crippen LogP contribution < -0.4 is 31.4 Å². The molecule has 1 aromatic heterocycles. The summed E-state index contributed by atoms with van der Waals surface area (Å²) in [4.78, 5) is 12.6. The fraction of sp³-hybridized carbons (Fsp3) is 0. The lowest BCUT2D eigenvalue weighted by molar-refractivity contribution is 0.362. The summed E-state index contributed by atoms with van der Waals surface area (Å²) in [6.45, 7) is 0. The zero-order valence-corrected chi connectivity index (χ0v) is 15.7. The molecule has 0 unspecified atom stereocenters. The highest BCUT2D eigenvalue weighted by atomic mass is 16.5. The molecule has 4 aromatic rings. The second kappa shape index (κ2) is 8.23. The van der Waals surface area contributed by atoms with Gasteiger partial charge in [-0.1, -0.05) is 0 Å². The van der Waals surface area contributed by atoms with Crippen molar-refractivity contribution in [1.29, 1.82) is 0 Å². The molecule has 6 N–H and O–H groups in total. The third kappa shape index (κ3) is 4.84. The first-order chi connectivity index (χ1) is 14.5. The van der Waals surface area contributed by atoms with Crippen molar-refractivity contribution >= 4 is 17.1 Å². The number of aromatic nitrogens is 3. The minimum Gasteiger partial charge on any atom is -0.424 e. The summed E-state index contributed by atoms with van der Waals surface area (Å²) >= 11 is 0. The van der Waals surface area contributed by atoms with Crippen LogP contribution in [0.3, 0.4) is 0 Å². The standard InChI is InChI=1S/C21H18N6O3/c22-13-1-7-16(8-2-13)28-19-25-20(29-17-9-3-14(23)4-10-17)27-21(26-19)30-18-11-5-15(24)6-12-18/h1-12H,22-24H2. The van der Waals surface area contributed by atoms with Crippen molar-refractivity contribution in [3.05, 3.63) is 72.8 Å². The second-order valence-electron chi connectivity index (χ2n) is 6.20. The SMILES string of the molecule is Nc1ccc(Oc2nc(Oc3ccc(N)cc3)nc(Oc3ccc(N)cc3)n2)cc1. The average molecular weight is 402 g/mol. The molecule has 0 spiro atoms. The second-order valence-corrected chi connectivity index (χ2v) is 6.20. The maximum atomic E-state index is 5.71. The van der Waals surface area contributed by atoms with E-state index in [4.69, 9.17) is 31.4 Å². The molecule has 0 atom stereocenters. The number of hydrogen-bond donors (Lipinski definition) is 3. The molecule has 0 radical (unpaired) electrons. The maximum absolute atomic E-state index is 5.71. The van der Waals surface area contributed by atoms with E-state index in [1.807, 2.05) is 0 Å². The molecule has 0 aliphatic rings. The summed E-state index contributed by atoms with van der Waals surface area (Å²) < 4.78 is 17.1. The van der Waals surface area contributed by atoms with Crippen LogP contribution in [0.2, 0.25) is 0 Å². The summed E-state index contributed by atoms with van der Waals surface area (Å²) in [5.41, 5.74) is 18.9. The summed E-state index contributed by atoms with van der Waals surface area (Å²) in [5, 5.41) is 0. The van der Waals surface area contributed by atoms with E-state index in [1.54, 1.807) is 72.8 Å². The molecule has 0 bridgehead atoms. The predicted molar refractivity (Wildman–Crippen MR) is 113 cm³/mol. The molecule has 1 heterocycles. The smallest absolute Gasteiger partial charge is 0.331 e. The Hall–Kier alpha value is -4.53. The van der Waals surface area contributed by atoms with Gasteiger partial charge in [-0.25, -0.2) is 0 Å². The van der Waals surface area contributed by atoms with Crippen LogP contribution in [0.5, 0.6) is 35.3 Å². The molecule has 0 amide bonds. The van der Waals surface area contributed by atoms with Crippen molar-refractivity contribution in [2.24, 2.45) is 0 Å². The van der Waals surface area contributed by atoms with Crippen LogP contribution in [0.4, 0.5) is 17.1 Å². The fourth-order valence-corrected chi connectivity index (χ4v) is 2.38. The predicted octanol–water partition coefficient (Wildman–Crippen LogP) is 4.00. The molecule has 0 saturated heterocycles. The van der Waals surface area contributed by atoms with Crippen LogP contribution in [0.15, 0.2) is 72.8 Å². The van der Waals surface area contributed by atoms with E-state index in [0.29, 0.717) is 34.3 Å². The molecule has 0 aliphatic heterocycles. The van der Waals surface area contributed by atoms with E-state index in [1.165, 1.54) is 0 Å². The Bertz CT molecular complexity index is 974. The Morgan fingerprint density at radius 2 is 0.633 bits per heavy atom. The van der Waals surface area contributed by atoms with Crippen LogP contribution in [0.25, 0.3) is 0 Å². The Morgan fingerprint density at radius 1 is 0.400 bits per heavy atom. The molecule has 4 rings (SSSR count). The van der Waals surface area contributed by atoms with Gasteiger partial charge >= 0.3 is 18.0 Å². The lowest BCUT2D eigenvalue weighted by atomic mass is 10.3. The third-order valence-electron chi connectivity index (χ3n) is 3.84. The third-order valence-corrected chi connectivity index (χ3v) is 3.84. The molecule has 9 nitrogen and oxygen atoms in total. The van der Waals surface area contributed by atoms with Crippen LogP contribution >= 0.6 is 0 Å². The van der Waals surface area contributed by atoms with Crippen LogP contribution in [-0.2, 0) is 0 Å². The van der Waals surface area contributed by atoms with Crippen LogP contribution in [0.1, 0.15) is 0 Å². The van der Waals surface area contributed by atoms with Gasteiger partial charge in [-0.3, -0.25) is 0 Å². The first kappa shape index (κ1) is 18.8. The highest BCUT2D eigenvalue weighted by Gasteiger charge is 2.13. The van der Waals surface area contributed by atoms with Gasteiger partial charge in [0.25, 0.3) is 0 Å². The Labute approximate surface area is 172 Å². The number of nitrogens with two attached hydrogens (primary N) is 3. The molecular formula is C21H18N6O3. The first-order valence-corrected chi connectivity index (χ1v) is 8.90. The minimum atomic E-state index is -0.00865. The summed E-state index contributed by atoms with van der Waals surface area (Å²) in [5.74, 6) is 1.48. The Morgan fingerprint density at radius 3 is 0.867 bits per heavy atom. The van der Waals surface area contributed by atoms with Gasteiger partial charge in [0.1, 0.15) is 17.2 Å². The van der Waals surface area contributed by atoms with Crippen molar-refractivity contribution < 1.29 is 14.2 Å². The number of anilines is 3. The highest BCUT2D eigenvalue weighted by molar-refractivity contribution is 5.44. The van der Waals surface area contributed by atoms with Gasteiger partial charge in [-0.15, -0.1) is 15.0 Å². The van der Waals surface area contributed by atoms with E-state index in [9.17, 15) is 0 Å². The minimum absolute atomic E-state index is 0.00865. The van der Waals surface area contributed by atoms with Gasteiger partial charge in [0, 0.05) is 17.1 Å². The number of hydrogen-bond acceptors (Lipinski definition) is 9. The van der Waals surface area contributed by atoms with Crippen molar-refractivity contribution in [1.82, 2.24) is 15.0 Å². The van der Waals surface area contributed by atoms with Gasteiger partial charge < -0.3 is 31.4 Å². The zero-order valence-electron chi connectivity index (χ0n) is 15.7. The lowest BCUT2D eigenvalue weighted by Crippen LogP contribution is -2.01. The summed E-state index contributed by atoms with van der Waals surface area (Å²) in [6, 6.07) is 20.4. The van der Waals surface area contributed by atoms with Gasteiger partial charge in [0.2, 0.25) is 0 Å². The molecule has 3 aromatic carbocycles. The van der Waals surface area contributed by atoms with E-state index >= 15 is 0 Å². The number of benzene rings is 3. The van der Waals surface area contributed by atoms with Crippen molar-refractivity contribution in [2.45, 2.75) is 0 Å². The summed E-state index contributed by atoms with van der Waals surface area (Å²) in [6.07, 6.45) is 0. The quantitative estimate of drug-likeness (QED) is 0.407. The molecule has 0 fully saturated rings. The molecular weight excluding hydrogens is 384 g/mol. The number of nitrogen functional groups attached to an aromatic ring is 3. The van der Waals surface area contributed by atoms with Crippen molar-refractivity contribution in [3.63, 3.8) is 0 Å². The first-order valence-electron chi connectivity index (χ1n) is 8.90. The summed E-state index contributed by atoms with van der Waals surface area (Å²) in [7, 11) is 0. The van der Waals surface area contributed by atoms with E-state index < -0.39 is 0 Å². The largest absolute Gasteiger partial charge is 0.424 e. The van der Waals surface area contributed by atoms with E-state index in [0.717, 1.165) is 0 Å². The van der Waals surface area contributed by atoms with Gasteiger partial charge in [-0.2, -0.15) is 0 Å². The number of ether oxygens (including phenoxy) is 3. The monoisotopic (exact) mass is 402 g/mol. The van der Waals surface area contributed by atoms with Crippen molar-refractivity contribution in [3.8, 4) is 35.3 Å². The van der Waals surface area contributed by atoms with Gasteiger partial charge in [0.15, 0.2) is 0 Å². The lowest BCUT2D eigenvalue weighted by Gasteiger charge is -2.10.